The molecule has 0 unspecified atom stereocenters. The van der Waals surface area contributed by atoms with Crippen LogP contribution in [0.15, 0.2) is 84.9 Å². The third kappa shape index (κ3) is 4.84. The SMILES string of the molecule is COc1ccc(C(=O)C=Cc2ccccc2)cc1.c1cc2cc(c1)OC2. The highest BCUT2D eigenvalue weighted by molar-refractivity contribution is 6.06. The second-order valence-electron chi connectivity index (χ2n) is 5.77. The van der Waals surface area contributed by atoms with Gasteiger partial charge in [-0.15, -0.1) is 0 Å². The van der Waals surface area contributed by atoms with Crippen molar-refractivity contribution in [2.24, 2.45) is 0 Å². The molecule has 0 saturated carbocycles. The Labute approximate surface area is 153 Å². The number of allylic oxidation sites excluding steroid dienone is 1. The number of benzene rings is 3. The van der Waals surface area contributed by atoms with Crippen LogP contribution in [0.2, 0.25) is 0 Å². The van der Waals surface area contributed by atoms with Crippen LogP contribution in [0.3, 0.4) is 0 Å². The predicted molar refractivity (Wildman–Crippen MR) is 104 cm³/mol. The molecule has 0 amide bonds. The summed E-state index contributed by atoms with van der Waals surface area (Å²) in [6, 6.07) is 24.9. The molecule has 0 spiro atoms. The lowest BCUT2D eigenvalue weighted by atomic mass is 10.1. The van der Waals surface area contributed by atoms with Gasteiger partial charge in [0.25, 0.3) is 0 Å². The van der Waals surface area contributed by atoms with Gasteiger partial charge >= 0.3 is 0 Å². The minimum Gasteiger partial charge on any atom is -0.497 e. The van der Waals surface area contributed by atoms with Gasteiger partial charge in [0.05, 0.1) is 7.11 Å². The summed E-state index contributed by atoms with van der Waals surface area (Å²) in [5.74, 6) is 1.74. The van der Waals surface area contributed by atoms with E-state index in [1.54, 1.807) is 37.5 Å². The Morgan fingerprint density at radius 2 is 1.73 bits per heavy atom. The van der Waals surface area contributed by atoms with Crippen molar-refractivity contribution in [2.45, 2.75) is 6.61 Å². The van der Waals surface area contributed by atoms with Crippen molar-refractivity contribution in [2.75, 3.05) is 7.11 Å². The quantitative estimate of drug-likeness (QED) is 0.484. The van der Waals surface area contributed by atoms with Crippen molar-refractivity contribution in [1.82, 2.24) is 0 Å². The zero-order chi connectivity index (χ0) is 18.2. The Bertz CT molecular complexity index is 862. The number of carbonyl (C=O) groups is 1. The molecule has 0 N–H and O–H groups in total. The van der Waals surface area contributed by atoms with Gasteiger partial charge in [0.1, 0.15) is 18.1 Å². The Kier molecular flexibility index (Phi) is 5.84. The fraction of sp³-hybridized carbons (Fsp3) is 0.0870. The van der Waals surface area contributed by atoms with Gasteiger partial charge in [0, 0.05) is 5.56 Å². The van der Waals surface area contributed by atoms with Crippen molar-refractivity contribution in [3.8, 4) is 11.5 Å². The normalized spacial score (nSPS) is 11.4. The number of hydrogen-bond donors (Lipinski definition) is 0. The molecule has 3 aromatic carbocycles. The van der Waals surface area contributed by atoms with Crippen molar-refractivity contribution < 1.29 is 14.3 Å². The molecular weight excluding hydrogens is 324 g/mol. The van der Waals surface area contributed by atoms with Gasteiger partial charge in [-0.05, 0) is 53.6 Å². The highest BCUT2D eigenvalue weighted by atomic mass is 16.5. The van der Waals surface area contributed by atoms with Crippen molar-refractivity contribution in [1.29, 1.82) is 0 Å². The van der Waals surface area contributed by atoms with E-state index < -0.39 is 0 Å². The van der Waals surface area contributed by atoms with E-state index in [9.17, 15) is 4.79 Å². The summed E-state index contributed by atoms with van der Waals surface area (Å²) in [6.07, 6.45) is 3.39. The van der Waals surface area contributed by atoms with Gasteiger partial charge in [-0.25, -0.2) is 0 Å². The summed E-state index contributed by atoms with van der Waals surface area (Å²) in [4.78, 5) is 11.9. The van der Waals surface area contributed by atoms with Gasteiger partial charge in [0.2, 0.25) is 0 Å². The maximum atomic E-state index is 11.9. The molecule has 26 heavy (non-hydrogen) atoms. The number of carbonyl (C=O) groups excluding carboxylic acids is 1. The minimum atomic E-state index is -0.0125. The van der Waals surface area contributed by atoms with E-state index in [2.05, 4.69) is 12.1 Å². The molecule has 3 aromatic rings. The van der Waals surface area contributed by atoms with Crippen LogP contribution in [0.4, 0.5) is 0 Å². The van der Waals surface area contributed by atoms with Crippen LogP contribution in [-0.4, -0.2) is 12.9 Å². The first-order chi connectivity index (χ1) is 12.7. The molecule has 130 valence electrons. The van der Waals surface area contributed by atoms with Crippen LogP contribution >= 0.6 is 0 Å². The van der Waals surface area contributed by atoms with Gasteiger partial charge < -0.3 is 9.47 Å². The third-order valence-electron chi connectivity index (χ3n) is 3.91. The maximum absolute atomic E-state index is 11.9. The number of ketones is 1. The van der Waals surface area contributed by atoms with E-state index in [0.717, 1.165) is 23.7 Å². The van der Waals surface area contributed by atoms with Crippen LogP contribution < -0.4 is 9.47 Å². The molecule has 1 heterocycles. The monoisotopic (exact) mass is 344 g/mol. The lowest BCUT2D eigenvalue weighted by Crippen LogP contribution is -1.94. The van der Waals surface area contributed by atoms with Crippen LogP contribution in [0.1, 0.15) is 21.5 Å². The number of hydrogen-bond acceptors (Lipinski definition) is 3. The lowest BCUT2D eigenvalue weighted by Gasteiger charge is -2.00. The smallest absolute Gasteiger partial charge is 0.185 e. The molecule has 1 aliphatic heterocycles. The van der Waals surface area contributed by atoms with E-state index in [0.29, 0.717) is 5.56 Å². The topological polar surface area (TPSA) is 35.5 Å². The molecular formula is C23H20O3. The lowest BCUT2D eigenvalue weighted by molar-refractivity contribution is 0.104. The maximum Gasteiger partial charge on any atom is 0.185 e. The predicted octanol–water partition coefficient (Wildman–Crippen LogP) is 5.17. The number of rotatable bonds is 4. The Morgan fingerprint density at radius 3 is 2.38 bits per heavy atom. The zero-order valence-electron chi connectivity index (χ0n) is 14.6. The van der Waals surface area contributed by atoms with Crippen LogP contribution in [0, 0.1) is 0 Å². The first-order valence-corrected chi connectivity index (χ1v) is 8.38. The summed E-state index contributed by atoms with van der Waals surface area (Å²) in [5.41, 5.74) is 2.95. The van der Waals surface area contributed by atoms with Gasteiger partial charge in [-0.1, -0.05) is 48.5 Å². The van der Waals surface area contributed by atoms with E-state index >= 15 is 0 Å². The number of ether oxygens (including phenoxy) is 2. The van der Waals surface area contributed by atoms with Crippen molar-refractivity contribution >= 4 is 11.9 Å². The molecule has 0 aliphatic carbocycles. The van der Waals surface area contributed by atoms with Gasteiger partial charge in [0.15, 0.2) is 5.78 Å². The summed E-state index contributed by atoms with van der Waals surface area (Å²) in [6.45, 7) is 0.766. The summed E-state index contributed by atoms with van der Waals surface area (Å²) < 4.78 is 10.2. The van der Waals surface area contributed by atoms with Crippen LogP contribution in [0.25, 0.3) is 6.08 Å². The average molecular weight is 344 g/mol. The molecule has 2 bridgehead atoms. The van der Waals surface area contributed by atoms with Crippen LogP contribution in [0.5, 0.6) is 11.5 Å². The Morgan fingerprint density at radius 1 is 0.962 bits per heavy atom. The first kappa shape index (κ1) is 17.5. The van der Waals surface area contributed by atoms with E-state index in [1.165, 1.54) is 5.56 Å². The Balaban J connectivity index is 0.000000201. The van der Waals surface area contributed by atoms with Crippen LogP contribution in [-0.2, 0) is 6.61 Å². The molecule has 0 atom stereocenters. The summed E-state index contributed by atoms with van der Waals surface area (Å²) >= 11 is 0. The summed E-state index contributed by atoms with van der Waals surface area (Å²) in [5, 5.41) is 0. The number of methoxy groups -OCH3 is 1. The fourth-order valence-electron chi connectivity index (χ4n) is 2.48. The minimum absolute atomic E-state index is 0.0125. The van der Waals surface area contributed by atoms with Crippen molar-refractivity contribution in [3.05, 3.63) is 102 Å². The first-order valence-electron chi connectivity index (χ1n) is 8.38. The molecule has 1 aliphatic rings. The van der Waals surface area contributed by atoms with E-state index in [1.807, 2.05) is 48.5 Å². The molecule has 3 heteroatoms. The second-order valence-corrected chi connectivity index (χ2v) is 5.77. The standard InChI is InChI=1S/C16H14O2.C7H6O/c1-18-15-10-8-14(9-11-15)16(17)12-7-13-5-3-2-4-6-13;1-2-6-4-7(3-1)8-5-6/h2-12H,1H3;1-4H,5H2. The highest BCUT2D eigenvalue weighted by Gasteiger charge is 2.03. The Hall–Kier alpha value is -3.33. The second kappa shape index (κ2) is 8.67. The van der Waals surface area contributed by atoms with Crippen molar-refractivity contribution in [3.63, 3.8) is 0 Å². The highest BCUT2D eigenvalue weighted by Crippen LogP contribution is 2.20. The fourth-order valence-corrected chi connectivity index (χ4v) is 2.48. The average Bonchev–Trinajstić information content (AvgIpc) is 3.05. The zero-order valence-corrected chi connectivity index (χ0v) is 14.6. The molecule has 3 nitrogen and oxygen atoms in total. The molecule has 0 radical (unpaired) electrons. The summed E-state index contributed by atoms with van der Waals surface area (Å²) in [7, 11) is 1.60. The largest absolute Gasteiger partial charge is 0.497 e. The van der Waals surface area contributed by atoms with Gasteiger partial charge in [-0.2, -0.15) is 0 Å². The molecule has 4 rings (SSSR count). The van der Waals surface area contributed by atoms with E-state index in [4.69, 9.17) is 9.47 Å². The number of fused-ring (bicyclic) bond motifs is 2. The van der Waals surface area contributed by atoms with Gasteiger partial charge in [-0.3, -0.25) is 4.79 Å². The third-order valence-corrected chi connectivity index (χ3v) is 3.91. The molecule has 0 fully saturated rings. The van der Waals surface area contributed by atoms with E-state index in [-0.39, 0.29) is 5.78 Å². The molecule has 0 aromatic heterocycles. The molecule has 0 saturated heterocycles.